The Bertz CT molecular complexity index is 3210. The van der Waals surface area contributed by atoms with Crippen molar-refractivity contribution < 1.29 is 4.42 Å². The summed E-state index contributed by atoms with van der Waals surface area (Å²) in [6.45, 7) is 0. The summed E-state index contributed by atoms with van der Waals surface area (Å²) < 4.78 is 6.23. The lowest BCUT2D eigenvalue weighted by Crippen LogP contribution is -2.01. The van der Waals surface area contributed by atoms with Gasteiger partial charge < -0.3 is 4.42 Å². The van der Waals surface area contributed by atoms with E-state index in [1.54, 1.807) is 0 Å². The average molecular weight is 783 g/mol. The predicted molar refractivity (Wildman–Crippen MR) is 244 cm³/mol. The van der Waals surface area contributed by atoms with Crippen LogP contribution in [0.3, 0.4) is 0 Å². The number of aromatic nitrogens is 6. The van der Waals surface area contributed by atoms with Gasteiger partial charge in [0, 0.05) is 44.2 Å². The van der Waals surface area contributed by atoms with Crippen molar-refractivity contribution in [3.8, 4) is 90.6 Å². The van der Waals surface area contributed by atoms with Crippen LogP contribution in [0.2, 0.25) is 0 Å². The zero-order chi connectivity index (χ0) is 40.5. The molecular weight excluding hydrogens is 749 g/mol. The van der Waals surface area contributed by atoms with Crippen LogP contribution in [-0.2, 0) is 0 Å². The number of fused-ring (bicyclic) bond motifs is 3. The molecule has 0 fully saturated rings. The summed E-state index contributed by atoms with van der Waals surface area (Å²) in [5.74, 6) is 3.43. The van der Waals surface area contributed by atoms with Gasteiger partial charge in [-0.05, 0) is 40.5 Å². The van der Waals surface area contributed by atoms with Gasteiger partial charge in [0.15, 0.2) is 34.9 Å². The molecule has 0 saturated heterocycles. The number of para-hydroxylation sites is 1. The normalized spacial score (nSPS) is 11.3. The van der Waals surface area contributed by atoms with Crippen LogP contribution < -0.4 is 0 Å². The highest BCUT2D eigenvalue weighted by Crippen LogP contribution is 2.34. The maximum atomic E-state index is 6.23. The van der Waals surface area contributed by atoms with E-state index in [1.807, 2.05) is 121 Å². The summed E-state index contributed by atoms with van der Waals surface area (Å²) in [4.78, 5) is 30.1. The van der Waals surface area contributed by atoms with E-state index in [-0.39, 0.29) is 0 Å². The number of nitrogens with zero attached hydrogens (tertiary/aromatic N) is 6. The molecule has 0 bridgehead atoms. The largest absolute Gasteiger partial charge is 0.456 e. The molecule has 0 aliphatic carbocycles. The molecule has 286 valence electrons. The van der Waals surface area contributed by atoms with Gasteiger partial charge in [-0.1, -0.05) is 188 Å². The minimum absolute atomic E-state index is 0.550. The van der Waals surface area contributed by atoms with Crippen molar-refractivity contribution in [1.29, 1.82) is 0 Å². The quantitative estimate of drug-likeness (QED) is 0.152. The molecule has 61 heavy (non-hydrogen) atoms. The lowest BCUT2D eigenvalue weighted by atomic mass is 10.0. The molecule has 0 spiro atoms. The lowest BCUT2D eigenvalue weighted by molar-refractivity contribution is 0.669. The highest BCUT2D eigenvalue weighted by atomic mass is 16.3. The van der Waals surface area contributed by atoms with Gasteiger partial charge in [0.1, 0.15) is 11.2 Å². The van der Waals surface area contributed by atoms with Crippen LogP contribution in [0, 0.1) is 0 Å². The van der Waals surface area contributed by atoms with Crippen molar-refractivity contribution in [2.45, 2.75) is 0 Å². The SMILES string of the molecule is c1ccc(-c2ccc(-c3nc(-c4ccc(-c5ccccc5)cc4)nc(-c4ccc(-c5nc(-c6ccccc6)nc(-c6ccc7c(c6)oc6ccccc67)n5)cc4)n3)cc2)cc1. The number of hydrogen-bond donors (Lipinski definition) is 0. The first kappa shape index (κ1) is 35.7. The van der Waals surface area contributed by atoms with E-state index in [2.05, 4.69) is 84.9 Å². The number of hydrogen-bond acceptors (Lipinski definition) is 7. The Morgan fingerprint density at radius 1 is 0.213 bits per heavy atom. The van der Waals surface area contributed by atoms with E-state index in [0.29, 0.717) is 34.9 Å². The van der Waals surface area contributed by atoms with E-state index in [1.165, 1.54) is 0 Å². The van der Waals surface area contributed by atoms with E-state index in [9.17, 15) is 0 Å². The van der Waals surface area contributed by atoms with Crippen LogP contribution >= 0.6 is 0 Å². The van der Waals surface area contributed by atoms with Crippen LogP contribution in [0.4, 0.5) is 0 Å². The standard InChI is InChI=1S/C54H34N6O/c1-4-12-35(13-5-1)37-20-24-40(25-21-37)50-56-51(41-26-22-38(23-27-41)36-14-6-2-7-15-36)58-52(57-50)42-28-30-43(31-29-42)53-55-49(39-16-8-3-9-17-39)59-54(60-53)44-32-33-46-45-18-10-11-19-47(45)61-48(46)34-44/h1-34H. The van der Waals surface area contributed by atoms with E-state index >= 15 is 0 Å². The maximum absolute atomic E-state index is 6.23. The predicted octanol–water partition coefficient (Wildman–Crippen LogP) is 13.3. The third kappa shape index (κ3) is 7.11. The first-order valence-electron chi connectivity index (χ1n) is 20.1. The second-order valence-electron chi connectivity index (χ2n) is 14.8. The smallest absolute Gasteiger partial charge is 0.164 e. The molecule has 3 aromatic heterocycles. The molecule has 11 rings (SSSR count). The highest BCUT2D eigenvalue weighted by Gasteiger charge is 2.17. The second kappa shape index (κ2) is 15.4. The Morgan fingerprint density at radius 3 is 0.918 bits per heavy atom. The summed E-state index contributed by atoms with van der Waals surface area (Å²) in [6, 6.07) is 69.6. The van der Waals surface area contributed by atoms with Crippen molar-refractivity contribution >= 4 is 21.9 Å². The van der Waals surface area contributed by atoms with Crippen LogP contribution in [0.5, 0.6) is 0 Å². The molecular formula is C54H34N6O. The Morgan fingerprint density at radius 2 is 0.492 bits per heavy atom. The van der Waals surface area contributed by atoms with Gasteiger partial charge in [-0.2, -0.15) is 0 Å². The molecule has 3 heterocycles. The zero-order valence-corrected chi connectivity index (χ0v) is 32.7. The molecule has 0 aliphatic heterocycles. The van der Waals surface area contributed by atoms with Crippen molar-refractivity contribution in [2.75, 3.05) is 0 Å². The monoisotopic (exact) mass is 782 g/mol. The molecule has 0 atom stereocenters. The molecule has 0 saturated carbocycles. The van der Waals surface area contributed by atoms with Crippen LogP contribution in [0.25, 0.3) is 113 Å². The van der Waals surface area contributed by atoms with Crippen molar-refractivity contribution in [1.82, 2.24) is 29.9 Å². The Hall–Kier alpha value is -8.42. The van der Waals surface area contributed by atoms with Crippen molar-refractivity contribution in [3.05, 3.63) is 206 Å². The van der Waals surface area contributed by atoms with Gasteiger partial charge in [0.05, 0.1) is 0 Å². The fourth-order valence-corrected chi connectivity index (χ4v) is 7.63. The summed E-state index contributed by atoms with van der Waals surface area (Å²) >= 11 is 0. The third-order valence-corrected chi connectivity index (χ3v) is 10.8. The summed E-state index contributed by atoms with van der Waals surface area (Å²) in [5, 5.41) is 2.12. The summed E-state index contributed by atoms with van der Waals surface area (Å²) in [6.07, 6.45) is 0. The molecule has 0 aliphatic rings. The zero-order valence-electron chi connectivity index (χ0n) is 32.7. The van der Waals surface area contributed by atoms with Gasteiger partial charge in [-0.15, -0.1) is 0 Å². The molecule has 7 heteroatoms. The highest BCUT2D eigenvalue weighted by molar-refractivity contribution is 6.05. The van der Waals surface area contributed by atoms with Crippen molar-refractivity contribution in [2.24, 2.45) is 0 Å². The van der Waals surface area contributed by atoms with Gasteiger partial charge in [-0.25, -0.2) is 29.9 Å². The van der Waals surface area contributed by atoms with E-state index in [0.717, 1.165) is 77.6 Å². The first-order chi connectivity index (χ1) is 30.2. The fourth-order valence-electron chi connectivity index (χ4n) is 7.63. The average Bonchev–Trinajstić information content (AvgIpc) is 3.73. The third-order valence-electron chi connectivity index (χ3n) is 10.8. The second-order valence-corrected chi connectivity index (χ2v) is 14.8. The van der Waals surface area contributed by atoms with E-state index in [4.69, 9.17) is 34.3 Å². The maximum Gasteiger partial charge on any atom is 0.164 e. The minimum Gasteiger partial charge on any atom is -0.456 e. The number of benzene rings is 8. The van der Waals surface area contributed by atoms with Gasteiger partial charge >= 0.3 is 0 Å². The summed E-state index contributed by atoms with van der Waals surface area (Å²) in [7, 11) is 0. The first-order valence-corrected chi connectivity index (χ1v) is 20.1. The fraction of sp³-hybridized carbons (Fsp3) is 0. The molecule has 11 aromatic rings. The Balaban J connectivity index is 0.980. The van der Waals surface area contributed by atoms with Crippen LogP contribution in [0.15, 0.2) is 211 Å². The van der Waals surface area contributed by atoms with Gasteiger partial charge in [0.25, 0.3) is 0 Å². The molecule has 7 nitrogen and oxygen atoms in total. The molecule has 0 unspecified atom stereocenters. The Labute approximate surface area is 351 Å². The number of rotatable bonds is 8. The topological polar surface area (TPSA) is 90.5 Å². The van der Waals surface area contributed by atoms with Crippen LogP contribution in [-0.4, -0.2) is 29.9 Å². The molecule has 0 amide bonds. The molecule has 0 N–H and O–H groups in total. The van der Waals surface area contributed by atoms with Crippen LogP contribution in [0.1, 0.15) is 0 Å². The lowest BCUT2D eigenvalue weighted by Gasteiger charge is -2.11. The number of furan rings is 1. The van der Waals surface area contributed by atoms with Gasteiger partial charge in [0.2, 0.25) is 0 Å². The molecule has 8 aromatic carbocycles. The van der Waals surface area contributed by atoms with Gasteiger partial charge in [-0.3, -0.25) is 0 Å². The van der Waals surface area contributed by atoms with Crippen molar-refractivity contribution in [3.63, 3.8) is 0 Å². The summed E-state index contributed by atoms with van der Waals surface area (Å²) in [5.41, 5.74) is 11.4. The Kier molecular flexibility index (Phi) is 9.02. The molecule has 0 radical (unpaired) electrons. The minimum atomic E-state index is 0.550. The van der Waals surface area contributed by atoms with E-state index < -0.39 is 0 Å².